The molecular weight excluding hydrogens is 358 g/mol. The minimum absolute atomic E-state index is 0.0718. The van der Waals surface area contributed by atoms with Gasteiger partial charge in [-0.2, -0.15) is 4.98 Å². The van der Waals surface area contributed by atoms with E-state index < -0.39 is 24.2 Å². The molecule has 1 aromatic carbocycles. The molecule has 0 aliphatic carbocycles. The van der Waals surface area contributed by atoms with Gasteiger partial charge in [-0.25, -0.2) is 18.3 Å². The van der Waals surface area contributed by atoms with Crippen LogP contribution in [0.15, 0.2) is 36.5 Å². The van der Waals surface area contributed by atoms with E-state index in [0.29, 0.717) is 11.1 Å². The molecule has 0 aliphatic heterocycles. The molecule has 0 spiro atoms. The highest BCUT2D eigenvalue weighted by atomic mass is 35.5. The van der Waals surface area contributed by atoms with Crippen molar-refractivity contribution in [3.05, 3.63) is 53.2 Å². The van der Waals surface area contributed by atoms with Gasteiger partial charge in [-0.1, -0.05) is 11.6 Å². The number of carboxylic acids is 1. The van der Waals surface area contributed by atoms with Gasteiger partial charge in [0.25, 0.3) is 0 Å². The molecule has 0 unspecified atom stereocenters. The predicted molar refractivity (Wildman–Crippen MR) is 82.6 cm³/mol. The first-order valence-electron chi connectivity index (χ1n) is 6.83. The van der Waals surface area contributed by atoms with Crippen LogP contribution in [0.3, 0.4) is 0 Å². The van der Waals surface area contributed by atoms with Gasteiger partial charge in [-0.15, -0.1) is 5.10 Å². The SMILES string of the molecule is O=C(O)COc1nc(-c2ccc(Cl)cn2)n(-c2ccc(F)cc2F)n1. The molecular formula is C15H9ClF2N4O3. The van der Waals surface area contributed by atoms with Gasteiger partial charge in [0.05, 0.1) is 5.02 Å². The zero-order valence-electron chi connectivity index (χ0n) is 12.4. The van der Waals surface area contributed by atoms with E-state index in [4.69, 9.17) is 21.4 Å². The molecule has 3 aromatic rings. The van der Waals surface area contributed by atoms with E-state index in [0.717, 1.165) is 10.7 Å². The lowest BCUT2D eigenvalue weighted by Crippen LogP contribution is -2.10. The minimum atomic E-state index is -1.23. The predicted octanol–water partition coefficient (Wildman–Crippen LogP) is 2.72. The number of aliphatic carboxylic acids is 1. The second kappa shape index (κ2) is 6.81. The summed E-state index contributed by atoms with van der Waals surface area (Å²) in [5.41, 5.74) is 0.177. The normalized spacial score (nSPS) is 10.7. The third-order valence-corrected chi connectivity index (χ3v) is 3.23. The van der Waals surface area contributed by atoms with Gasteiger partial charge in [-0.3, -0.25) is 4.98 Å². The fraction of sp³-hybridized carbons (Fsp3) is 0.0667. The maximum absolute atomic E-state index is 14.1. The first-order valence-corrected chi connectivity index (χ1v) is 7.21. The highest BCUT2D eigenvalue weighted by Gasteiger charge is 2.19. The van der Waals surface area contributed by atoms with Crippen molar-refractivity contribution in [2.45, 2.75) is 0 Å². The molecule has 0 saturated heterocycles. The number of benzene rings is 1. The first kappa shape index (κ1) is 16.8. The van der Waals surface area contributed by atoms with Gasteiger partial charge in [-0.05, 0) is 24.3 Å². The Morgan fingerprint density at radius 1 is 1.28 bits per heavy atom. The Kier molecular flexibility index (Phi) is 4.57. The molecule has 0 bridgehead atoms. The zero-order valence-corrected chi connectivity index (χ0v) is 13.1. The number of aromatic nitrogens is 4. The number of halogens is 3. The third-order valence-electron chi connectivity index (χ3n) is 3.01. The van der Waals surface area contributed by atoms with Crippen LogP contribution in [0.1, 0.15) is 0 Å². The molecule has 1 N–H and O–H groups in total. The summed E-state index contributed by atoms with van der Waals surface area (Å²) in [7, 11) is 0. The van der Waals surface area contributed by atoms with Crippen LogP contribution >= 0.6 is 11.6 Å². The lowest BCUT2D eigenvalue weighted by molar-refractivity contribution is -0.139. The Bertz CT molecular complexity index is 931. The fourth-order valence-electron chi connectivity index (χ4n) is 1.98. The van der Waals surface area contributed by atoms with Crippen molar-refractivity contribution in [3.63, 3.8) is 0 Å². The van der Waals surface area contributed by atoms with Crippen LogP contribution in [0.4, 0.5) is 8.78 Å². The lowest BCUT2D eigenvalue weighted by Gasteiger charge is -2.06. The summed E-state index contributed by atoms with van der Waals surface area (Å²) in [6.07, 6.45) is 1.36. The average Bonchev–Trinajstić information content (AvgIpc) is 2.97. The van der Waals surface area contributed by atoms with Crippen molar-refractivity contribution >= 4 is 17.6 Å². The summed E-state index contributed by atoms with van der Waals surface area (Å²) < 4.78 is 33.2. The van der Waals surface area contributed by atoms with E-state index in [1.165, 1.54) is 18.3 Å². The number of pyridine rings is 1. The van der Waals surface area contributed by atoms with Gasteiger partial charge < -0.3 is 9.84 Å². The van der Waals surface area contributed by atoms with Crippen LogP contribution in [-0.2, 0) is 4.79 Å². The second-order valence-electron chi connectivity index (χ2n) is 4.77. The zero-order chi connectivity index (χ0) is 18.0. The number of carboxylic acid groups (broad SMARTS) is 1. The van der Waals surface area contributed by atoms with E-state index in [-0.39, 0.29) is 23.2 Å². The molecule has 0 radical (unpaired) electrons. The summed E-state index contributed by atoms with van der Waals surface area (Å²) in [5.74, 6) is -2.79. The molecule has 0 saturated carbocycles. The van der Waals surface area contributed by atoms with Gasteiger partial charge in [0.1, 0.15) is 17.2 Å². The first-order chi connectivity index (χ1) is 11.9. The Hall–Kier alpha value is -3.07. The number of rotatable bonds is 5. The minimum Gasteiger partial charge on any atom is -0.479 e. The number of hydrogen-bond acceptors (Lipinski definition) is 5. The molecule has 0 fully saturated rings. The van der Waals surface area contributed by atoms with Crippen LogP contribution in [0, 0.1) is 11.6 Å². The van der Waals surface area contributed by atoms with E-state index in [1.807, 2.05) is 0 Å². The molecule has 2 aromatic heterocycles. The Morgan fingerprint density at radius 2 is 2.08 bits per heavy atom. The van der Waals surface area contributed by atoms with Gasteiger partial charge in [0, 0.05) is 12.3 Å². The quantitative estimate of drug-likeness (QED) is 0.746. The van der Waals surface area contributed by atoms with E-state index in [1.54, 1.807) is 6.07 Å². The number of ether oxygens (including phenoxy) is 1. The maximum atomic E-state index is 14.1. The molecule has 0 atom stereocenters. The van der Waals surface area contributed by atoms with Crippen molar-refractivity contribution in [3.8, 4) is 23.2 Å². The summed E-state index contributed by atoms with van der Waals surface area (Å²) in [4.78, 5) is 18.7. The molecule has 10 heteroatoms. The molecule has 3 rings (SSSR count). The molecule has 0 amide bonds. The van der Waals surface area contributed by atoms with Crippen LogP contribution in [-0.4, -0.2) is 37.4 Å². The van der Waals surface area contributed by atoms with Crippen LogP contribution in [0.5, 0.6) is 6.01 Å². The highest BCUT2D eigenvalue weighted by Crippen LogP contribution is 2.24. The summed E-state index contributed by atoms with van der Waals surface area (Å²) >= 11 is 5.79. The summed E-state index contributed by atoms with van der Waals surface area (Å²) in [5, 5.41) is 13.0. The maximum Gasteiger partial charge on any atom is 0.341 e. The average molecular weight is 367 g/mol. The van der Waals surface area contributed by atoms with Gasteiger partial charge in [0.2, 0.25) is 0 Å². The largest absolute Gasteiger partial charge is 0.479 e. The number of carbonyl (C=O) groups is 1. The van der Waals surface area contributed by atoms with E-state index >= 15 is 0 Å². The van der Waals surface area contributed by atoms with Crippen molar-refractivity contribution in [1.82, 2.24) is 19.7 Å². The van der Waals surface area contributed by atoms with Crippen molar-refractivity contribution in [1.29, 1.82) is 0 Å². The Morgan fingerprint density at radius 3 is 2.72 bits per heavy atom. The van der Waals surface area contributed by atoms with Crippen LogP contribution in [0.25, 0.3) is 17.2 Å². The molecule has 128 valence electrons. The smallest absolute Gasteiger partial charge is 0.341 e. The second-order valence-corrected chi connectivity index (χ2v) is 5.21. The van der Waals surface area contributed by atoms with Crippen molar-refractivity contribution in [2.75, 3.05) is 6.61 Å². The van der Waals surface area contributed by atoms with E-state index in [9.17, 15) is 13.6 Å². The monoisotopic (exact) mass is 366 g/mol. The molecule has 2 heterocycles. The van der Waals surface area contributed by atoms with Gasteiger partial charge >= 0.3 is 12.0 Å². The Balaban J connectivity index is 2.10. The number of hydrogen-bond donors (Lipinski definition) is 1. The molecule has 0 aliphatic rings. The third kappa shape index (κ3) is 3.72. The topological polar surface area (TPSA) is 90.1 Å². The summed E-state index contributed by atoms with van der Waals surface area (Å²) in [6.45, 7) is -0.677. The van der Waals surface area contributed by atoms with Crippen molar-refractivity contribution < 1.29 is 23.4 Å². The highest BCUT2D eigenvalue weighted by molar-refractivity contribution is 6.30. The van der Waals surface area contributed by atoms with Crippen LogP contribution < -0.4 is 4.74 Å². The summed E-state index contributed by atoms with van der Waals surface area (Å²) in [6, 6.07) is 5.68. The fourth-order valence-corrected chi connectivity index (χ4v) is 2.09. The van der Waals surface area contributed by atoms with E-state index in [2.05, 4.69) is 15.1 Å². The number of nitrogens with zero attached hydrogens (tertiary/aromatic N) is 4. The van der Waals surface area contributed by atoms with Gasteiger partial charge in [0.15, 0.2) is 18.2 Å². The Labute approximate surface area is 144 Å². The van der Waals surface area contributed by atoms with Crippen LogP contribution in [0.2, 0.25) is 5.02 Å². The standard InChI is InChI=1S/C15H9ClF2N4O3/c16-8-1-3-11(19-6-8)14-20-15(25-7-13(23)24)21-22(14)12-4-2-9(17)5-10(12)18/h1-6H,7H2,(H,23,24). The van der Waals surface area contributed by atoms with Crippen molar-refractivity contribution in [2.24, 2.45) is 0 Å². The molecule has 7 nitrogen and oxygen atoms in total. The lowest BCUT2D eigenvalue weighted by atomic mass is 10.3. The molecule has 25 heavy (non-hydrogen) atoms.